The molecule has 1 aliphatic heterocycles. The molecular formula is C19H23ClN4O4S. The predicted molar refractivity (Wildman–Crippen MR) is 111 cm³/mol. The number of sulfonamides is 1. The largest absolute Gasteiger partial charge is 0.379 e. The average Bonchev–Trinajstić information content (AvgIpc) is 2.93. The van der Waals surface area contributed by atoms with Gasteiger partial charge in [0, 0.05) is 37.5 Å². The van der Waals surface area contributed by atoms with Gasteiger partial charge >= 0.3 is 0 Å². The standard InChI is InChI=1S/C19H23ClN4O4S/c1-13-4-5-15(12-17(13)29(26,27)24-8-10-28-11-9-24)21-18(25)7-6-16-14(2)22-23(3)19(16)20/h4-7,12H,8-11H2,1-3H3,(H,21,25)/b7-6+. The second kappa shape index (κ2) is 8.66. The van der Waals surface area contributed by atoms with E-state index in [0.29, 0.717) is 54.0 Å². The summed E-state index contributed by atoms with van der Waals surface area (Å²) in [6.45, 7) is 4.89. The number of ether oxygens (including phenoxy) is 1. The van der Waals surface area contributed by atoms with Crippen LogP contribution in [0.2, 0.25) is 5.15 Å². The number of amides is 1. The van der Waals surface area contributed by atoms with Crippen molar-refractivity contribution >= 4 is 39.3 Å². The molecule has 1 aromatic carbocycles. The normalized spacial score (nSPS) is 15.7. The Morgan fingerprint density at radius 3 is 2.59 bits per heavy atom. The number of hydrogen-bond donors (Lipinski definition) is 1. The molecule has 8 nitrogen and oxygen atoms in total. The summed E-state index contributed by atoms with van der Waals surface area (Å²) in [5.41, 5.74) is 2.37. The van der Waals surface area contributed by atoms with Crippen LogP contribution in [0.4, 0.5) is 5.69 Å². The van der Waals surface area contributed by atoms with E-state index in [9.17, 15) is 13.2 Å². The van der Waals surface area contributed by atoms with Crippen molar-refractivity contribution in [1.82, 2.24) is 14.1 Å². The van der Waals surface area contributed by atoms with Crippen LogP contribution in [-0.4, -0.2) is 54.7 Å². The zero-order chi connectivity index (χ0) is 21.2. The lowest BCUT2D eigenvalue weighted by Crippen LogP contribution is -2.40. The average molecular weight is 439 g/mol. The summed E-state index contributed by atoms with van der Waals surface area (Å²) in [6, 6.07) is 4.82. The number of aromatic nitrogens is 2. The number of aryl methyl sites for hydroxylation is 3. The number of carbonyl (C=O) groups excluding carboxylic acids is 1. The maximum Gasteiger partial charge on any atom is 0.248 e. The van der Waals surface area contributed by atoms with E-state index >= 15 is 0 Å². The summed E-state index contributed by atoms with van der Waals surface area (Å²) >= 11 is 6.16. The summed E-state index contributed by atoms with van der Waals surface area (Å²) in [6.07, 6.45) is 2.92. The molecule has 1 fully saturated rings. The van der Waals surface area contributed by atoms with Gasteiger partial charge in [0.15, 0.2) is 0 Å². The zero-order valence-corrected chi connectivity index (χ0v) is 18.0. The van der Waals surface area contributed by atoms with E-state index < -0.39 is 15.9 Å². The van der Waals surface area contributed by atoms with Gasteiger partial charge in [0.05, 0.1) is 23.8 Å². The van der Waals surface area contributed by atoms with E-state index in [4.69, 9.17) is 16.3 Å². The van der Waals surface area contributed by atoms with Gasteiger partial charge in [0.1, 0.15) is 5.15 Å². The molecule has 0 unspecified atom stereocenters. The smallest absolute Gasteiger partial charge is 0.248 e. The van der Waals surface area contributed by atoms with Gasteiger partial charge in [0.25, 0.3) is 0 Å². The second-order valence-corrected chi connectivity index (χ2v) is 9.00. The number of carbonyl (C=O) groups is 1. The molecule has 2 heterocycles. The minimum Gasteiger partial charge on any atom is -0.379 e. The summed E-state index contributed by atoms with van der Waals surface area (Å²) < 4.78 is 34.1. The molecule has 156 valence electrons. The first kappa shape index (κ1) is 21.5. The summed E-state index contributed by atoms with van der Waals surface area (Å²) in [7, 11) is -1.94. The van der Waals surface area contributed by atoms with Crippen molar-refractivity contribution in [2.24, 2.45) is 7.05 Å². The highest BCUT2D eigenvalue weighted by atomic mass is 35.5. The van der Waals surface area contributed by atoms with Gasteiger partial charge in [-0.15, -0.1) is 0 Å². The van der Waals surface area contributed by atoms with E-state index in [1.165, 1.54) is 21.1 Å². The fourth-order valence-corrected chi connectivity index (χ4v) is 4.96. The number of rotatable bonds is 5. The van der Waals surface area contributed by atoms with Crippen molar-refractivity contribution in [3.63, 3.8) is 0 Å². The Balaban J connectivity index is 1.79. The monoisotopic (exact) mass is 438 g/mol. The van der Waals surface area contributed by atoms with E-state index in [-0.39, 0.29) is 4.90 Å². The molecule has 0 bridgehead atoms. The van der Waals surface area contributed by atoms with E-state index in [2.05, 4.69) is 10.4 Å². The van der Waals surface area contributed by atoms with Gasteiger partial charge in [-0.05, 0) is 37.6 Å². The number of nitrogens with zero attached hydrogens (tertiary/aromatic N) is 3. The second-order valence-electron chi connectivity index (χ2n) is 6.73. The maximum atomic E-state index is 13.0. The molecule has 29 heavy (non-hydrogen) atoms. The molecule has 0 atom stereocenters. The fourth-order valence-electron chi connectivity index (χ4n) is 3.06. The Morgan fingerprint density at radius 1 is 1.28 bits per heavy atom. The van der Waals surface area contributed by atoms with Gasteiger partial charge in [0.2, 0.25) is 15.9 Å². The van der Waals surface area contributed by atoms with E-state index in [1.54, 1.807) is 39.1 Å². The molecule has 1 saturated heterocycles. The molecule has 1 amide bonds. The topological polar surface area (TPSA) is 93.5 Å². The lowest BCUT2D eigenvalue weighted by atomic mass is 10.2. The Labute approximate surface area is 175 Å². The third-order valence-corrected chi connectivity index (χ3v) is 7.13. The molecule has 0 radical (unpaired) electrons. The van der Waals surface area contributed by atoms with Crippen LogP contribution in [0.25, 0.3) is 6.08 Å². The Bertz CT molecular complexity index is 1060. The highest BCUT2D eigenvalue weighted by molar-refractivity contribution is 7.89. The van der Waals surface area contributed by atoms with Crippen LogP contribution < -0.4 is 5.32 Å². The van der Waals surface area contributed by atoms with Crippen LogP contribution in [0.15, 0.2) is 29.2 Å². The first-order valence-electron chi connectivity index (χ1n) is 9.07. The van der Waals surface area contributed by atoms with Crippen molar-refractivity contribution < 1.29 is 17.9 Å². The van der Waals surface area contributed by atoms with Crippen molar-refractivity contribution in [2.75, 3.05) is 31.6 Å². The third kappa shape index (κ3) is 4.69. The quantitative estimate of drug-likeness (QED) is 0.723. The van der Waals surface area contributed by atoms with Crippen LogP contribution in [-0.2, 0) is 26.6 Å². The maximum absolute atomic E-state index is 13.0. The van der Waals surface area contributed by atoms with Crippen molar-refractivity contribution in [3.05, 3.63) is 46.2 Å². The summed E-state index contributed by atoms with van der Waals surface area (Å²) in [5.74, 6) is -0.400. The molecule has 2 aromatic rings. The van der Waals surface area contributed by atoms with Gasteiger partial charge in [-0.2, -0.15) is 9.40 Å². The summed E-state index contributed by atoms with van der Waals surface area (Å²) in [4.78, 5) is 12.5. The third-order valence-electron chi connectivity index (χ3n) is 4.64. The highest BCUT2D eigenvalue weighted by Crippen LogP contribution is 2.25. The lowest BCUT2D eigenvalue weighted by Gasteiger charge is -2.26. The number of benzene rings is 1. The van der Waals surface area contributed by atoms with Crippen LogP contribution in [0.3, 0.4) is 0 Å². The van der Waals surface area contributed by atoms with Crippen LogP contribution >= 0.6 is 11.6 Å². The number of halogens is 1. The SMILES string of the molecule is Cc1ccc(NC(=O)/C=C/c2c(C)nn(C)c2Cl)cc1S(=O)(=O)N1CCOCC1. The summed E-state index contributed by atoms with van der Waals surface area (Å²) in [5, 5.41) is 7.31. The Morgan fingerprint density at radius 2 is 1.97 bits per heavy atom. The number of hydrogen-bond acceptors (Lipinski definition) is 5. The molecular weight excluding hydrogens is 416 g/mol. The Kier molecular flexibility index (Phi) is 6.42. The van der Waals surface area contributed by atoms with Crippen molar-refractivity contribution in [2.45, 2.75) is 18.7 Å². The minimum absolute atomic E-state index is 0.173. The number of nitrogens with one attached hydrogen (secondary N) is 1. The van der Waals surface area contributed by atoms with Crippen molar-refractivity contribution in [1.29, 1.82) is 0 Å². The predicted octanol–water partition coefficient (Wildman–Crippen LogP) is 2.36. The minimum atomic E-state index is -3.66. The van der Waals surface area contributed by atoms with Crippen LogP contribution in [0.5, 0.6) is 0 Å². The molecule has 0 saturated carbocycles. The van der Waals surface area contributed by atoms with Gasteiger partial charge in [-0.25, -0.2) is 8.42 Å². The highest BCUT2D eigenvalue weighted by Gasteiger charge is 2.28. The van der Waals surface area contributed by atoms with Gasteiger partial charge in [-0.1, -0.05) is 17.7 Å². The fraction of sp³-hybridized carbons (Fsp3) is 0.368. The van der Waals surface area contributed by atoms with Gasteiger partial charge < -0.3 is 10.1 Å². The molecule has 1 aromatic heterocycles. The Hall–Kier alpha value is -2.20. The van der Waals surface area contributed by atoms with E-state index in [1.807, 2.05) is 0 Å². The first-order valence-corrected chi connectivity index (χ1v) is 10.9. The lowest BCUT2D eigenvalue weighted by molar-refractivity contribution is -0.111. The van der Waals surface area contributed by atoms with Gasteiger partial charge in [-0.3, -0.25) is 9.48 Å². The van der Waals surface area contributed by atoms with Crippen molar-refractivity contribution in [3.8, 4) is 0 Å². The molecule has 0 aliphatic carbocycles. The molecule has 10 heteroatoms. The number of anilines is 1. The molecule has 1 N–H and O–H groups in total. The zero-order valence-electron chi connectivity index (χ0n) is 16.5. The first-order chi connectivity index (χ1) is 13.7. The van der Waals surface area contributed by atoms with Crippen LogP contribution in [0, 0.1) is 13.8 Å². The van der Waals surface area contributed by atoms with Crippen LogP contribution in [0.1, 0.15) is 16.8 Å². The molecule has 3 rings (SSSR count). The molecule has 0 spiro atoms. The number of morpholine rings is 1. The van der Waals surface area contributed by atoms with E-state index in [0.717, 1.165) is 0 Å². The molecule has 1 aliphatic rings.